The van der Waals surface area contributed by atoms with Crippen molar-refractivity contribution >= 4 is 15.9 Å². The van der Waals surface area contributed by atoms with E-state index < -0.39 is 0 Å². The van der Waals surface area contributed by atoms with Crippen molar-refractivity contribution in [3.05, 3.63) is 0 Å². The molecule has 0 aromatic heterocycles. The van der Waals surface area contributed by atoms with Crippen molar-refractivity contribution in [1.29, 1.82) is 0 Å². The van der Waals surface area contributed by atoms with Gasteiger partial charge in [-0.15, -0.1) is 0 Å². The molecule has 0 heterocycles. The number of hydrogen-bond acceptors (Lipinski definition) is 2. The van der Waals surface area contributed by atoms with Crippen LogP contribution in [0.2, 0.25) is 0 Å². The Morgan fingerprint density at radius 3 is 2.75 bits per heavy atom. The average molecular weight is 293 g/mol. The molecule has 96 valence electrons. The van der Waals surface area contributed by atoms with Crippen molar-refractivity contribution in [2.45, 2.75) is 51.6 Å². The van der Waals surface area contributed by atoms with Crippen molar-refractivity contribution < 1.29 is 9.47 Å². The summed E-state index contributed by atoms with van der Waals surface area (Å²) in [6.07, 6.45) is 6.11. The molecule has 0 radical (unpaired) electrons. The highest BCUT2D eigenvalue weighted by Gasteiger charge is 2.34. The summed E-state index contributed by atoms with van der Waals surface area (Å²) in [7, 11) is 0. The zero-order chi connectivity index (χ0) is 11.9. The topological polar surface area (TPSA) is 18.5 Å². The quantitative estimate of drug-likeness (QED) is 0.525. The van der Waals surface area contributed by atoms with Crippen LogP contribution in [0.15, 0.2) is 0 Å². The lowest BCUT2D eigenvalue weighted by Gasteiger charge is -2.38. The van der Waals surface area contributed by atoms with Crippen LogP contribution >= 0.6 is 15.9 Å². The summed E-state index contributed by atoms with van der Waals surface area (Å²) >= 11 is 3.61. The first-order valence-electron chi connectivity index (χ1n) is 6.50. The molecule has 0 N–H and O–H groups in total. The van der Waals surface area contributed by atoms with E-state index in [0.29, 0.717) is 0 Å². The fraction of sp³-hybridized carbons (Fsp3) is 1.00. The van der Waals surface area contributed by atoms with Gasteiger partial charge in [0.05, 0.1) is 18.8 Å². The zero-order valence-electron chi connectivity index (χ0n) is 10.6. The molecule has 0 spiro atoms. The number of rotatable bonds is 7. The molecule has 3 heteroatoms. The summed E-state index contributed by atoms with van der Waals surface area (Å²) in [5.74, 6) is 0.794. The van der Waals surface area contributed by atoms with Gasteiger partial charge in [-0.1, -0.05) is 42.6 Å². The van der Waals surface area contributed by atoms with Crippen LogP contribution < -0.4 is 0 Å². The first-order valence-corrected chi connectivity index (χ1v) is 7.62. The molecule has 1 saturated carbocycles. The Labute approximate surface area is 108 Å². The maximum atomic E-state index is 6.06. The van der Waals surface area contributed by atoms with E-state index >= 15 is 0 Å². The second-order valence-electron chi connectivity index (χ2n) is 4.98. The van der Waals surface area contributed by atoms with Gasteiger partial charge in [0, 0.05) is 11.9 Å². The van der Waals surface area contributed by atoms with E-state index in [1.807, 2.05) is 0 Å². The number of hydrogen-bond donors (Lipinski definition) is 0. The first-order chi connectivity index (χ1) is 7.72. The Hall–Kier alpha value is 0.400. The standard InChI is InChI=1S/C13H25BrO2/c1-3-7-15-8-9-16-13(11-14)6-4-5-12(2)10-13/h12H,3-11H2,1-2H3. The molecule has 2 nitrogen and oxygen atoms in total. The van der Waals surface area contributed by atoms with Gasteiger partial charge >= 0.3 is 0 Å². The zero-order valence-corrected chi connectivity index (χ0v) is 12.2. The highest BCUT2D eigenvalue weighted by atomic mass is 79.9. The van der Waals surface area contributed by atoms with Crippen LogP contribution in [0.25, 0.3) is 0 Å². The largest absolute Gasteiger partial charge is 0.379 e. The number of halogens is 1. The van der Waals surface area contributed by atoms with Gasteiger partial charge in [-0.2, -0.15) is 0 Å². The first kappa shape index (κ1) is 14.5. The Balaban J connectivity index is 2.24. The van der Waals surface area contributed by atoms with E-state index in [4.69, 9.17) is 9.47 Å². The minimum absolute atomic E-state index is 0.0766. The van der Waals surface area contributed by atoms with Crippen LogP contribution in [-0.2, 0) is 9.47 Å². The molecule has 0 bridgehead atoms. The van der Waals surface area contributed by atoms with Gasteiger partial charge in [0.15, 0.2) is 0 Å². The lowest BCUT2D eigenvalue weighted by molar-refractivity contribution is -0.0811. The van der Waals surface area contributed by atoms with Gasteiger partial charge in [-0.3, -0.25) is 0 Å². The molecule has 1 aliphatic rings. The van der Waals surface area contributed by atoms with Gasteiger partial charge < -0.3 is 9.47 Å². The van der Waals surface area contributed by atoms with Gasteiger partial charge in [-0.05, 0) is 25.2 Å². The van der Waals surface area contributed by atoms with E-state index in [1.54, 1.807) is 0 Å². The molecule has 0 aliphatic heterocycles. The van der Waals surface area contributed by atoms with Crippen LogP contribution in [0.3, 0.4) is 0 Å². The number of alkyl halides is 1. The van der Waals surface area contributed by atoms with Gasteiger partial charge in [-0.25, -0.2) is 0 Å². The van der Waals surface area contributed by atoms with E-state index in [9.17, 15) is 0 Å². The lowest BCUT2D eigenvalue weighted by atomic mass is 9.80. The van der Waals surface area contributed by atoms with Gasteiger partial charge in [0.25, 0.3) is 0 Å². The lowest BCUT2D eigenvalue weighted by Crippen LogP contribution is -2.40. The minimum Gasteiger partial charge on any atom is -0.379 e. The predicted octanol–water partition coefficient (Wildman–Crippen LogP) is 3.77. The van der Waals surface area contributed by atoms with Crippen LogP contribution in [-0.4, -0.2) is 30.8 Å². The maximum absolute atomic E-state index is 6.06. The molecule has 2 unspecified atom stereocenters. The van der Waals surface area contributed by atoms with Crippen LogP contribution in [0.1, 0.15) is 46.0 Å². The van der Waals surface area contributed by atoms with E-state index in [2.05, 4.69) is 29.8 Å². The van der Waals surface area contributed by atoms with Crippen molar-refractivity contribution in [3.8, 4) is 0 Å². The molecule has 1 aliphatic carbocycles. The van der Waals surface area contributed by atoms with E-state index in [-0.39, 0.29) is 5.60 Å². The van der Waals surface area contributed by atoms with Crippen LogP contribution in [0.5, 0.6) is 0 Å². The molecule has 0 aromatic rings. The van der Waals surface area contributed by atoms with Gasteiger partial charge in [0.2, 0.25) is 0 Å². The van der Waals surface area contributed by atoms with E-state index in [0.717, 1.165) is 37.5 Å². The van der Waals surface area contributed by atoms with Crippen molar-refractivity contribution in [2.75, 3.05) is 25.2 Å². The molecular weight excluding hydrogens is 268 g/mol. The second kappa shape index (κ2) is 7.67. The molecule has 2 atom stereocenters. The van der Waals surface area contributed by atoms with Crippen molar-refractivity contribution in [2.24, 2.45) is 5.92 Å². The molecule has 16 heavy (non-hydrogen) atoms. The third-order valence-corrected chi connectivity index (χ3v) is 4.30. The normalized spacial score (nSPS) is 30.6. The summed E-state index contributed by atoms with van der Waals surface area (Å²) in [5, 5.41) is 0.956. The molecule has 1 fully saturated rings. The fourth-order valence-corrected chi connectivity index (χ4v) is 3.14. The predicted molar refractivity (Wildman–Crippen MR) is 71.2 cm³/mol. The Morgan fingerprint density at radius 1 is 1.31 bits per heavy atom. The minimum atomic E-state index is 0.0766. The van der Waals surface area contributed by atoms with Crippen molar-refractivity contribution in [1.82, 2.24) is 0 Å². The summed E-state index contributed by atoms with van der Waals surface area (Å²) in [6.45, 7) is 6.77. The summed E-state index contributed by atoms with van der Waals surface area (Å²) in [4.78, 5) is 0. The van der Waals surface area contributed by atoms with Crippen LogP contribution in [0, 0.1) is 5.92 Å². The molecular formula is C13H25BrO2. The smallest absolute Gasteiger partial charge is 0.0782 e. The average Bonchev–Trinajstić information content (AvgIpc) is 2.29. The summed E-state index contributed by atoms with van der Waals surface area (Å²) < 4.78 is 11.5. The second-order valence-corrected chi connectivity index (χ2v) is 5.54. The van der Waals surface area contributed by atoms with Crippen molar-refractivity contribution in [3.63, 3.8) is 0 Å². The summed E-state index contributed by atoms with van der Waals surface area (Å²) in [6, 6.07) is 0. The number of ether oxygens (including phenoxy) is 2. The highest BCUT2D eigenvalue weighted by Crippen LogP contribution is 2.36. The molecule has 0 aromatic carbocycles. The summed E-state index contributed by atoms with van der Waals surface area (Å²) in [5.41, 5.74) is 0.0766. The van der Waals surface area contributed by atoms with E-state index in [1.165, 1.54) is 25.7 Å². The third-order valence-electron chi connectivity index (χ3n) is 3.28. The van der Waals surface area contributed by atoms with Gasteiger partial charge in [0.1, 0.15) is 0 Å². The monoisotopic (exact) mass is 292 g/mol. The Morgan fingerprint density at radius 2 is 2.12 bits per heavy atom. The maximum Gasteiger partial charge on any atom is 0.0782 e. The molecule has 0 saturated heterocycles. The fourth-order valence-electron chi connectivity index (χ4n) is 2.47. The van der Waals surface area contributed by atoms with Crippen LogP contribution in [0.4, 0.5) is 0 Å². The SMILES string of the molecule is CCCOCCOC1(CBr)CCCC(C)C1. The third kappa shape index (κ3) is 4.72. The Kier molecular flexibility index (Phi) is 6.94. The molecule has 1 rings (SSSR count). The molecule has 0 amide bonds. The Bertz CT molecular complexity index is 187. The highest BCUT2D eigenvalue weighted by molar-refractivity contribution is 9.09.